The van der Waals surface area contributed by atoms with Crippen molar-refractivity contribution in [3.05, 3.63) is 93.9 Å². The largest absolute Gasteiger partial charge is 0.467 e. The van der Waals surface area contributed by atoms with E-state index >= 15 is 0 Å². The Kier molecular flexibility index (Phi) is 6.89. The van der Waals surface area contributed by atoms with E-state index in [1.165, 1.54) is 18.2 Å². The maximum absolute atomic E-state index is 13.5. The molecular formula is C27H25N3O7. The first-order chi connectivity index (χ1) is 18.0. The van der Waals surface area contributed by atoms with Crippen LogP contribution in [0, 0.1) is 10.1 Å². The van der Waals surface area contributed by atoms with Crippen molar-refractivity contribution < 1.29 is 28.4 Å². The first-order valence-electron chi connectivity index (χ1n) is 11.9. The van der Waals surface area contributed by atoms with E-state index in [0.717, 1.165) is 18.4 Å². The van der Waals surface area contributed by atoms with Gasteiger partial charge in [0.2, 0.25) is 18.6 Å². The van der Waals surface area contributed by atoms with Crippen LogP contribution >= 0.6 is 0 Å². The van der Waals surface area contributed by atoms with Crippen molar-refractivity contribution >= 4 is 23.6 Å². The maximum Gasteiger partial charge on any atom is 0.269 e. The Balaban J connectivity index is 1.29. The molecule has 37 heavy (non-hydrogen) atoms. The van der Waals surface area contributed by atoms with Gasteiger partial charge in [0.15, 0.2) is 11.5 Å². The molecule has 3 aromatic rings. The molecule has 190 valence electrons. The summed E-state index contributed by atoms with van der Waals surface area (Å²) in [5.41, 5.74) is 1.50. The van der Waals surface area contributed by atoms with Gasteiger partial charge >= 0.3 is 0 Å². The molecule has 5 rings (SSSR count). The molecule has 10 nitrogen and oxygen atoms in total. The lowest BCUT2D eigenvalue weighted by Gasteiger charge is -2.27. The third-order valence-corrected chi connectivity index (χ3v) is 6.19. The number of carbonyl (C=O) groups excluding carboxylic acids is 2. The van der Waals surface area contributed by atoms with E-state index in [0.29, 0.717) is 29.4 Å². The van der Waals surface area contributed by atoms with Gasteiger partial charge in [-0.15, -0.1) is 0 Å². The van der Waals surface area contributed by atoms with E-state index in [-0.39, 0.29) is 43.4 Å². The Bertz CT molecular complexity index is 1310. The lowest BCUT2D eigenvalue weighted by Crippen LogP contribution is -2.43. The third kappa shape index (κ3) is 5.97. The number of furan rings is 1. The number of carbonyl (C=O) groups is 2. The fraction of sp³-hybridized carbons (Fsp3) is 0.259. The first kappa shape index (κ1) is 24.1. The summed E-state index contributed by atoms with van der Waals surface area (Å²) in [6, 6.07) is 15.0. The van der Waals surface area contributed by atoms with Crippen LogP contribution in [0.1, 0.15) is 29.7 Å². The molecule has 0 bridgehead atoms. The molecule has 1 aromatic heterocycles. The number of nitrogens with zero attached hydrogens (tertiary/aromatic N) is 3. The molecule has 10 heteroatoms. The topological polar surface area (TPSA) is 115 Å². The molecule has 0 atom stereocenters. The van der Waals surface area contributed by atoms with E-state index < -0.39 is 4.92 Å². The highest BCUT2D eigenvalue weighted by atomic mass is 16.7. The second kappa shape index (κ2) is 10.6. The van der Waals surface area contributed by atoms with Gasteiger partial charge in [0.1, 0.15) is 12.3 Å². The lowest BCUT2D eigenvalue weighted by atomic mass is 10.1. The minimum Gasteiger partial charge on any atom is -0.467 e. The average molecular weight is 504 g/mol. The predicted molar refractivity (Wildman–Crippen MR) is 132 cm³/mol. The molecule has 1 fully saturated rings. The summed E-state index contributed by atoms with van der Waals surface area (Å²) in [5.74, 6) is 1.44. The predicted octanol–water partition coefficient (Wildman–Crippen LogP) is 4.15. The second-order valence-electron chi connectivity index (χ2n) is 8.90. The molecular weight excluding hydrogens is 478 g/mol. The van der Waals surface area contributed by atoms with Crippen molar-refractivity contribution in [3.63, 3.8) is 0 Å². The normalized spacial score (nSPS) is 14.1. The van der Waals surface area contributed by atoms with Crippen LogP contribution in [-0.4, -0.2) is 45.9 Å². The van der Waals surface area contributed by atoms with Crippen LogP contribution < -0.4 is 9.47 Å². The molecule has 0 spiro atoms. The number of ether oxygens (including phenoxy) is 2. The lowest BCUT2D eigenvalue weighted by molar-refractivity contribution is -0.384. The van der Waals surface area contributed by atoms with E-state index in [1.54, 1.807) is 46.4 Å². The van der Waals surface area contributed by atoms with Gasteiger partial charge in [-0.1, -0.05) is 6.07 Å². The van der Waals surface area contributed by atoms with Crippen molar-refractivity contribution in [3.8, 4) is 11.5 Å². The monoisotopic (exact) mass is 503 g/mol. The number of nitro groups is 1. The fourth-order valence-electron chi connectivity index (χ4n) is 4.07. The van der Waals surface area contributed by atoms with Gasteiger partial charge in [-0.2, -0.15) is 0 Å². The van der Waals surface area contributed by atoms with E-state index in [1.807, 2.05) is 18.2 Å². The van der Waals surface area contributed by atoms with Crippen LogP contribution in [0.4, 0.5) is 5.69 Å². The summed E-state index contributed by atoms with van der Waals surface area (Å²) < 4.78 is 16.3. The fourth-order valence-corrected chi connectivity index (χ4v) is 4.07. The zero-order valence-corrected chi connectivity index (χ0v) is 19.9. The number of fused-ring (bicyclic) bond motifs is 1. The van der Waals surface area contributed by atoms with Crippen LogP contribution in [0.3, 0.4) is 0 Å². The van der Waals surface area contributed by atoms with E-state index in [4.69, 9.17) is 13.9 Å². The molecule has 0 saturated heterocycles. The molecule has 0 unspecified atom stereocenters. The number of rotatable bonds is 10. The highest BCUT2D eigenvalue weighted by Crippen LogP contribution is 2.33. The van der Waals surface area contributed by atoms with Gasteiger partial charge < -0.3 is 23.7 Å². The zero-order valence-electron chi connectivity index (χ0n) is 19.9. The van der Waals surface area contributed by atoms with Crippen LogP contribution in [0.15, 0.2) is 71.4 Å². The first-order valence-corrected chi connectivity index (χ1v) is 11.9. The van der Waals surface area contributed by atoms with Gasteiger partial charge in [0, 0.05) is 30.8 Å². The highest BCUT2D eigenvalue weighted by molar-refractivity contribution is 5.94. The van der Waals surface area contributed by atoms with Gasteiger partial charge in [-0.25, -0.2) is 0 Å². The number of non-ortho nitro benzene ring substituents is 1. The molecule has 0 N–H and O–H groups in total. The number of nitro benzene ring substituents is 1. The summed E-state index contributed by atoms with van der Waals surface area (Å²) in [7, 11) is 0. The third-order valence-electron chi connectivity index (χ3n) is 6.19. The van der Waals surface area contributed by atoms with Gasteiger partial charge in [-0.3, -0.25) is 19.7 Å². The second-order valence-corrected chi connectivity index (χ2v) is 8.90. The van der Waals surface area contributed by atoms with E-state index in [9.17, 15) is 19.7 Å². The number of hydrogen-bond acceptors (Lipinski definition) is 7. The van der Waals surface area contributed by atoms with Crippen LogP contribution in [0.25, 0.3) is 6.08 Å². The summed E-state index contributed by atoms with van der Waals surface area (Å²) in [5, 5.41) is 10.8. The molecule has 1 aliphatic heterocycles. The van der Waals surface area contributed by atoms with Crippen molar-refractivity contribution in [1.29, 1.82) is 0 Å². The smallest absolute Gasteiger partial charge is 0.269 e. The van der Waals surface area contributed by atoms with Crippen LogP contribution in [0.5, 0.6) is 11.5 Å². The average Bonchev–Trinajstić information content (AvgIpc) is 3.40. The Morgan fingerprint density at radius 2 is 1.81 bits per heavy atom. The summed E-state index contributed by atoms with van der Waals surface area (Å²) in [6.07, 6.45) is 6.23. The van der Waals surface area contributed by atoms with Crippen molar-refractivity contribution in [1.82, 2.24) is 9.80 Å². The highest BCUT2D eigenvalue weighted by Gasteiger charge is 2.34. The van der Waals surface area contributed by atoms with Crippen LogP contribution in [-0.2, 0) is 22.7 Å². The standard InChI is InChI=1S/C27H25N3O7/c31-26(12-6-19-3-7-22(8-4-19)30(33)34)29(21-9-10-21)17-27(32)28(16-23-2-1-13-35-23)15-20-5-11-24-25(14-20)37-18-36-24/h1-8,11-14,21H,9-10,15-18H2/b12-6+. The number of benzene rings is 2. The zero-order chi connectivity index (χ0) is 25.8. The minimum atomic E-state index is -0.475. The van der Waals surface area contributed by atoms with E-state index in [2.05, 4.69) is 0 Å². The van der Waals surface area contributed by atoms with Gasteiger partial charge in [0.25, 0.3) is 5.69 Å². The van der Waals surface area contributed by atoms with Gasteiger partial charge in [0.05, 0.1) is 17.7 Å². The Morgan fingerprint density at radius 1 is 1.03 bits per heavy atom. The molecule has 2 amide bonds. The number of hydrogen-bond donors (Lipinski definition) is 0. The maximum atomic E-state index is 13.5. The molecule has 1 saturated carbocycles. The molecule has 1 aliphatic carbocycles. The van der Waals surface area contributed by atoms with Crippen molar-refractivity contribution in [2.24, 2.45) is 0 Å². The Morgan fingerprint density at radius 3 is 2.51 bits per heavy atom. The number of amides is 2. The minimum absolute atomic E-state index is 0.00830. The summed E-state index contributed by atoms with van der Waals surface area (Å²) in [4.78, 5) is 40.1. The van der Waals surface area contributed by atoms with Gasteiger partial charge in [-0.05, 0) is 66.4 Å². The molecule has 2 heterocycles. The molecule has 2 aromatic carbocycles. The summed E-state index contributed by atoms with van der Waals surface area (Å²) in [6.45, 7) is 0.659. The quantitative estimate of drug-likeness (QED) is 0.232. The Labute approximate surface area is 212 Å². The van der Waals surface area contributed by atoms with Crippen molar-refractivity contribution in [2.75, 3.05) is 13.3 Å². The SMILES string of the molecule is O=C(CN(C(=O)/C=C/c1ccc([N+](=O)[O-])cc1)C1CC1)N(Cc1ccc2c(c1)OCO2)Cc1ccco1. The van der Waals surface area contributed by atoms with Crippen LogP contribution in [0.2, 0.25) is 0 Å². The Hall–Kier alpha value is -4.60. The molecule has 2 aliphatic rings. The van der Waals surface area contributed by atoms with Crippen molar-refractivity contribution in [2.45, 2.75) is 32.0 Å². The summed E-state index contributed by atoms with van der Waals surface area (Å²) >= 11 is 0. The molecule has 0 radical (unpaired) electrons.